The maximum Gasteiger partial charge on any atom is 0.119 e. The second-order valence-electron chi connectivity index (χ2n) is 8.95. The molecule has 0 aliphatic carbocycles. The van der Waals surface area contributed by atoms with Crippen LogP contribution in [0.15, 0.2) is 59.6 Å². The first-order chi connectivity index (χ1) is 16.6. The molecule has 0 spiro atoms. The zero-order valence-corrected chi connectivity index (χ0v) is 21.1. The minimum Gasteiger partial charge on any atom is -0.497 e. The monoisotopic (exact) mass is 500 g/mol. The van der Waals surface area contributed by atoms with Crippen LogP contribution in [0.2, 0.25) is 5.02 Å². The second-order valence-corrected chi connectivity index (χ2v) is 10.5. The van der Waals surface area contributed by atoms with Gasteiger partial charge in [-0.3, -0.25) is 4.98 Å². The molecule has 3 aromatic rings. The van der Waals surface area contributed by atoms with E-state index in [9.17, 15) is 10.2 Å². The molecule has 3 atom stereocenters. The van der Waals surface area contributed by atoms with E-state index in [-0.39, 0.29) is 12.5 Å². The Bertz CT molecular complexity index is 1080. The van der Waals surface area contributed by atoms with E-state index in [0.29, 0.717) is 12.3 Å². The van der Waals surface area contributed by atoms with Crippen molar-refractivity contribution in [2.75, 3.05) is 39.1 Å². The van der Waals surface area contributed by atoms with E-state index >= 15 is 0 Å². The number of methoxy groups -OCH3 is 1. The summed E-state index contributed by atoms with van der Waals surface area (Å²) in [5.74, 6) is 2.38. The highest BCUT2D eigenvalue weighted by Gasteiger charge is 2.29. The summed E-state index contributed by atoms with van der Waals surface area (Å²) in [4.78, 5) is 7.98. The van der Waals surface area contributed by atoms with Crippen LogP contribution in [-0.2, 0) is 0 Å². The van der Waals surface area contributed by atoms with Crippen LogP contribution in [0.25, 0.3) is 10.9 Å². The molecule has 1 saturated heterocycles. The lowest BCUT2D eigenvalue weighted by atomic mass is 9.81. The average molecular weight is 501 g/mol. The molecule has 1 fully saturated rings. The predicted molar refractivity (Wildman–Crippen MR) is 140 cm³/mol. The van der Waals surface area contributed by atoms with Gasteiger partial charge in [-0.15, -0.1) is 11.8 Å². The molecule has 182 valence electrons. The highest BCUT2D eigenvalue weighted by molar-refractivity contribution is 7.99. The van der Waals surface area contributed by atoms with Crippen molar-refractivity contribution < 1.29 is 14.9 Å². The highest BCUT2D eigenvalue weighted by Crippen LogP contribution is 2.34. The van der Waals surface area contributed by atoms with Crippen LogP contribution in [-0.4, -0.2) is 59.2 Å². The number of rotatable bonds is 10. The third-order valence-electron chi connectivity index (χ3n) is 6.86. The number of hydrogen-bond acceptors (Lipinski definition) is 6. The van der Waals surface area contributed by atoms with Crippen molar-refractivity contribution in [1.29, 1.82) is 0 Å². The Morgan fingerprint density at radius 1 is 1.21 bits per heavy atom. The Hall–Kier alpha value is -1.83. The SMILES string of the molecule is COc1ccc2nccc(C(O)CC[C@@H]3CCN(CCSc4ccccc4Cl)C[C@@H]3CO)c2c1. The van der Waals surface area contributed by atoms with Crippen molar-refractivity contribution in [2.45, 2.75) is 30.3 Å². The molecule has 4 rings (SSSR count). The molecule has 7 heteroatoms. The number of benzene rings is 2. The standard InChI is InChI=1S/C27H33ClN2O3S/c1-33-21-7-8-25-23(16-21)22(10-12-29-25)26(32)9-6-19-11-13-30(17-20(19)18-31)14-15-34-27-5-3-2-4-24(27)28/h2-5,7-8,10,12,16,19-20,26,31-32H,6,9,11,13-15,17-18H2,1H3/t19-,20-,26?/m1/s1. The van der Waals surface area contributed by atoms with E-state index in [1.165, 1.54) is 0 Å². The van der Waals surface area contributed by atoms with Crippen LogP contribution in [0.4, 0.5) is 0 Å². The molecule has 2 aromatic carbocycles. The molecule has 0 radical (unpaired) electrons. The number of thioether (sulfide) groups is 1. The summed E-state index contributed by atoms with van der Waals surface area (Å²) >= 11 is 8.05. The van der Waals surface area contributed by atoms with Gasteiger partial charge in [-0.05, 0) is 79.6 Å². The molecule has 0 bridgehead atoms. The largest absolute Gasteiger partial charge is 0.497 e. The number of piperidine rings is 1. The number of hydrogen-bond donors (Lipinski definition) is 2. The summed E-state index contributed by atoms with van der Waals surface area (Å²) < 4.78 is 5.36. The normalized spacial score (nSPS) is 19.9. The van der Waals surface area contributed by atoms with Gasteiger partial charge in [-0.2, -0.15) is 0 Å². The molecule has 5 nitrogen and oxygen atoms in total. The second kappa shape index (κ2) is 12.2. The number of nitrogens with zero attached hydrogens (tertiary/aromatic N) is 2. The van der Waals surface area contributed by atoms with Gasteiger partial charge in [0.05, 0.1) is 23.8 Å². The van der Waals surface area contributed by atoms with Gasteiger partial charge in [-0.25, -0.2) is 0 Å². The lowest BCUT2D eigenvalue weighted by Crippen LogP contribution is -2.43. The molecule has 34 heavy (non-hydrogen) atoms. The molecule has 2 heterocycles. The van der Waals surface area contributed by atoms with Crippen LogP contribution < -0.4 is 4.74 Å². The maximum atomic E-state index is 11.0. The summed E-state index contributed by atoms with van der Waals surface area (Å²) in [5.41, 5.74) is 1.74. The maximum absolute atomic E-state index is 11.0. The van der Waals surface area contributed by atoms with Crippen molar-refractivity contribution in [3.63, 3.8) is 0 Å². The number of aliphatic hydroxyl groups is 2. The van der Waals surface area contributed by atoms with Gasteiger partial charge in [0.2, 0.25) is 0 Å². The van der Waals surface area contributed by atoms with E-state index < -0.39 is 6.10 Å². The lowest BCUT2D eigenvalue weighted by molar-refractivity contribution is 0.0608. The Labute approximate surface area is 211 Å². The van der Waals surface area contributed by atoms with Crippen molar-refractivity contribution in [2.24, 2.45) is 11.8 Å². The van der Waals surface area contributed by atoms with Crippen LogP contribution in [0.1, 0.15) is 30.9 Å². The number of likely N-dealkylation sites (tertiary alicyclic amines) is 1. The minimum atomic E-state index is -0.568. The fraction of sp³-hybridized carbons (Fsp3) is 0.444. The van der Waals surface area contributed by atoms with Gasteiger partial charge in [0.25, 0.3) is 0 Å². The van der Waals surface area contributed by atoms with E-state index in [0.717, 1.165) is 70.4 Å². The summed E-state index contributed by atoms with van der Waals surface area (Å²) in [6, 6.07) is 15.6. The summed E-state index contributed by atoms with van der Waals surface area (Å²) in [7, 11) is 1.64. The van der Waals surface area contributed by atoms with Crippen LogP contribution in [0, 0.1) is 11.8 Å². The quantitative estimate of drug-likeness (QED) is 0.362. The first-order valence-corrected chi connectivity index (χ1v) is 13.3. The zero-order chi connectivity index (χ0) is 23.9. The highest BCUT2D eigenvalue weighted by atomic mass is 35.5. The topological polar surface area (TPSA) is 65.8 Å². The predicted octanol–water partition coefficient (Wildman–Crippen LogP) is 5.43. The van der Waals surface area contributed by atoms with Crippen molar-refractivity contribution in [3.05, 3.63) is 65.3 Å². The van der Waals surface area contributed by atoms with E-state index in [2.05, 4.69) is 16.0 Å². The zero-order valence-electron chi connectivity index (χ0n) is 19.6. The molecule has 1 unspecified atom stereocenters. The third kappa shape index (κ3) is 6.23. The number of halogens is 1. The van der Waals surface area contributed by atoms with Crippen molar-refractivity contribution in [3.8, 4) is 5.75 Å². The number of aromatic nitrogens is 1. The molecular weight excluding hydrogens is 468 g/mol. The number of ether oxygens (including phenoxy) is 1. The average Bonchev–Trinajstić information content (AvgIpc) is 2.88. The van der Waals surface area contributed by atoms with Gasteiger partial charge in [0.1, 0.15) is 5.75 Å². The van der Waals surface area contributed by atoms with E-state index in [1.807, 2.05) is 42.5 Å². The van der Waals surface area contributed by atoms with Gasteiger partial charge >= 0.3 is 0 Å². The van der Waals surface area contributed by atoms with Crippen molar-refractivity contribution in [1.82, 2.24) is 9.88 Å². The van der Waals surface area contributed by atoms with Crippen LogP contribution in [0.5, 0.6) is 5.75 Å². The molecule has 1 aromatic heterocycles. The Kier molecular flexibility index (Phi) is 9.09. The van der Waals surface area contributed by atoms with Crippen LogP contribution in [0.3, 0.4) is 0 Å². The number of pyridine rings is 1. The van der Waals surface area contributed by atoms with Crippen LogP contribution >= 0.6 is 23.4 Å². The number of aliphatic hydroxyl groups excluding tert-OH is 2. The first-order valence-electron chi connectivity index (χ1n) is 11.9. The smallest absolute Gasteiger partial charge is 0.119 e. The van der Waals surface area contributed by atoms with Gasteiger partial charge in [0.15, 0.2) is 0 Å². The fourth-order valence-corrected chi connectivity index (χ4v) is 6.13. The molecule has 0 saturated carbocycles. The Morgan fingerprint density at radius 3 is 2.85 bits per heavy atom. The van der Waals surface area contributed by atoms with E-state index in [1.54, 1.807) is 25.1 Å². The number of fused-ring (bicyclic) bond motifs is 1. The lowest BCUT2D eigenvalue weighted by Gasteiger charge is -2.38. The molecule has 1 aliphatic rings. The molecule has 2 N–H and O–H groups in total. The first kappa shape index (κ1) is 25.3. The van der Waals surface area contributed by atoms with Gasteiger partial charge in [0, 0.05) is 41.9 Å². The fourth-order valence-electron chi connectivity index (χ4n) is 4.88. The summed E-state index contributed by atoms with van der Waals surface area (Å²) in [6.07, 6.45) is 3.78. The Balaban J connectivity index is 1.30. The third-order valence-corrected chi connectivity index (χ3v) is 8.36. The Morgan fingerprint density at radius 2 is 2.06 bits per heavy atom. The minimum absolute atomic E-state index is 0.185. The molecular formula is C27H33ClN2O3S. The van der Waals surface area contributed by atoms with Gasteiger partial charge in [-0.1, -0.05) is 23.7 Å². The summed E-state index contributed by atoms with van der Waals surface area (Å²) in [5, 5.41) is 22.8. The molecule has 0 amide bonds. The van der Waals surface area contributed by atoms with Gasteiger partial charge < -0.3 is 19.8 Å². The van der Waals surface area contributed by atoms with E-state index in [4.69, 9.17) is 16.3 Å². The van der Waals surface area contributed by atoms with Crippen molar-refractivity contribution >= 4 is 34.3 Å². The summed E-state index contributed by atoms with van der Waals surface area (Å²) in [6.45, 7) is 3.09. The molecule has 1 aliphatic heterocycles.